The van der Waals surface area contributed by atoms with Gasteiger partial charge < -0.3 is 10.4 Å². The molecular weight excluding hydrogens is 283 g/mol. The number of hydrogen-bond donors (Lipinski definition) is 2. The van der Waals surface area contributed by atoms with Crippen LogP contribution in [0.3, 0.4) is 0 Å². The lowest BCUT2D eigenvalue weighted by Gasteiger charge is -2.08. The Kier molecular flexibility index (Phi) is 4.89. The molecular formula is C10H10Cl2N2O4. The third kappa shape index (κ3) is 3.56. The number of nitro groups is 1. The Labute approximate surface area is 113 Å². The van der Waals surface area contributed by atoms with Gasteiger partial charge in [-0.2, -0.15) is 0 Å². The first-order valence-electron chi connectivity index (χ1n) is 4.92. The zero-order chi connectivity index (χ0) is 13.9. The number of rotatable bonds is 4. The minimum absolute atomic E-state index is 0.0109. The maximum absolute atomic E-state index is 11.6. The molecule has 0 bridgehead atoms. The van der Waals surface area contributed by atoms with E-state index >= 15 is 0 Å². The van der Waals surface area contributed by atoms with Gasteiger partial charge in [-0.15, -0.1) is 0 Å². The summed E-state index contributed by atoms with van der Waals surface area (Å²) in [4.78, 5) is 21.6. The fourth-order valence-electron chi connectivity index (χ4n) is 1.18. The third-order valence-electron chi connectivity index (χ3n) is 2.03. The van der Waals surface area contributed by atoms with Crippen LogP contribution in [0.1, 0.15) is 17.3 Å². The van der Waals surface area contributed by atoms with Crippen LogP contribution >= 0.6 is 23.2 Å². The Morgan fingerprint density at radius 2 is 2.17 bits per heavy atom. The molecule has 1 aromatic carbocycles. The maximum atomic E-state index is 11.6. The average Bonchev–Trinajstić information content (AvgIpc) is 2.28. The van der Waals surface area contributed by atoms with E-state index in [1.54, 1.807) is 0 Å². The number of hydrogen-bond acceptors (Lipinski definition) is 4. The van der Waals surface area contributed by atoms with Gasteiger partial charge in [-0.05, 0) is 13.0 Å². The largest absolute Gasteiger partial charge is 0.392 e. The van der Waals surface area contributed by atoms with E-state index in [0.717, 1.165) is 6.07 Å². The fourth-order valence-corrected chi connectivity index (χ4v) is 1.57. The molecule has 1 aromatic rings. The fraction of sp³-hybridized carbons (Fsp3) is 0.300. The molecule has 2 N–H and O–H groups in total. The van der Waals surface area contributed by atoms with Crippen molar-refractivity contribution in [3.05, 3.63) is 37.9 Å². The molecule has 6 nitrogen and oxygen atoms in total. The summed E-state index contributed by atoms with van der Waals surface area (Å²) in [6, 6.07) is 2.26. The Balaban J connectivity index is 3.03. The minimum atomic E-state index is -0.723. The lowest BCUT2D eigenvalue weighted by atomic mass is 10.2. The van der Waals surface area contributed by atoms with Crippen molar-refractivity contribution >= 4 is 34.8 Å². The number of benzene rings is 1. The molecule has 0 spiro atoms. The van der Waals surface area contributed by atoms with Gasteiger partial charge >= 0.3 is 0 Å². The van der Waals surface area contributed by atoms with Crippen molar-refractivity contribution in [2.45, 2.75) is 13.0 Å². The summed E-state index contributed by atoms with van der Waals surface area (Å²) in [7, 11) is 0. The SMILES string of the molecule is C[C@H](O)CNC(=O)c1cc(Cl)c(Cl)c([N+](=O)[O-])c1. The van der Waals surface area contributed by atoms with Gasteiger partial charge in [-0.3, -0.25) is 14.9 Å². The number of nitrogens with zero attached hydrogens (tertiary/aromatic N) is 1. The van der Waals surface area contributed by atoms with Crippen molar-refractivity contribution in [3.8, 4) is 0 Å². The van der Waals surface area contributed by atoms with E-state index < -0.39 is 22.6 Å². The molecule has 0 saturated carbocycles. The van der Waals surface area contributed by atoms with Gasteiger partial charge in [-0.1, -0.05) is 23.2 Å². The molecule has 1 atom stereocenters. The number of aliphatic hydroxyl groups excluding tert-OH is 1. The molecule has 0 aliphatic heterocycles. The van der Waals surface area contributed by atoms with Gasteiger partial charge in [-0.25, -0.2) is 0 Å². The zero-order valence-corrected chi connectivity index (χ0v) is 10.8. The highest BCUT2D eigenvalue weighted by atomic mass is 35.5. The summed E-state index contributed by atoms with van der Waals surface area (Å²) in [5, 5.41) is 21.8. The first kappa shape index (κ1) is 14.7. The summed E-state index contributed by atoms with van der Waals surface area (Å²) in [5.74, 6) is -0.572. The van der Waals surface area contributed by atoms with Crippen LogP contribution < -0.4 is 5.32 Å². The standard InChI is InChI=1S/C10H10Cl2N2O4/c1-5(15)4-13-10(16)6-2-7(11)9(12)8(3-6)14(17)18/h2-3,5,15H,4H2,1H3,(H,13,16)/t5-/m0/s1. The molecule has 0 radical (unpaired) electrons. The molecule has 8 heteroatoms. The summed E-state index contributed by atoms with van der Waals surface area (Å²) >= 11 is 11.4. The van der Waals surface area contributed by atoms with Crippen LogP contribution in [-0.2, 0) is 0 Å². The van der Waals surface area contributed by atoms with Gasteiger partial charge in [0.2, 0.25) is 0 Å². The lowest BCUT2D eigenvalue weighted by Crippen LogP contribution is -2.30. The molecule has 0 saturated heterocycles. The van der Waals surface area contributed by atoms with Crippen molar-refractivity contribution in [2.75, 3.05) is 6.54 Å². The predicted octanol–water partition coefficient (Wildman–Crippen LogP) is 2.01. The van der Waals surface area contributed by atoms with Gasteiger partial charge in [0.15, 0.2) is 0 Å². The van der Waals surface area contributed by atoms with E-state index in [4.69, 9.17) is 28.3 Å². The molecule has 0 unspecified atom stereocenters. The molecule has 0 aliphatic carbocycles. The number of carbonyl (C=O) groups excluding carboxylic acids is 1. The van der Waals surface area contributed by atoms with E-state index in [9.17, 15) is 14.9 Å². The van der Waals surface area contributed by atoms with Crippen LogP contribution in [0, 0.1) is 10.1 Å². The Morgan fingerprint density at radius 1 is 1.56 bits per heavy atom. The number of halogens is 2. The van der Waals surface area contributed by atoms with Crippen molar-refractivity contribution in [2.24, 2.45) is 0 Å². The second-order valence-electron chi connectivity index (χ2n) is 3.61. The minimum Gasteiger partial charge on any atom is -0.392 e. The highest BCUT2D eigenvalue weighted by Crippen LogP contribution is 2.32. The van der Waals surface area contributed by atoms with E-state index in [1.165, 1.54) is 13.0 Å². The van der Waals surface area contributed by atoms with E-state index in [2.05, 4.69) is 5.32 Å². The summed E-state index contributed by atoms with van der Waals surface area (Å²) in [6.07, 6.45) is -0.716. The third-order valence-corrected chi connectivity index (χ3v) is 2.82. The van der Waals surface area contributed by atoms with Gasteiger partial charge in [0.05, 0.1) is 16.0 Å². The number of nitro benzene ring substituents is 1. The van der Waals surface area contributed by atoms with E-state index in [1.807, 2.05) is 0 Å². The highest BCUT2D eigenvalue weighted by molar-refractivity contribution is 6.43. The van der Waals surface area contributed by atoms with Crippen LogP contribution in [0.15, 0.2) is 12.1 Å². The highest BCUT2D eigenvalue weighted by Gasteiger charge is 2.20. The topological polar surface area (TPSA) is 92.5 Å². The van der Waals surface area contributed by atoms with Gasteiger partial charge in [0.1, 0.15) is 5.02 Å². The zero-order valence-electron chi connectivity index (χ0n) is 9.31. The Hall–Kier alpha value is -1.37. The quantitative estimate of drug-likeness (QED) is 0.656. The Morgan fingerprint density at radius 3 is 2.67 bits per heavy atom. The average molecular weight is 293 g/mol. The number of carbonyl (C=O) groups is 1. The molecule has 98 valence electrons. The van der Waals surface area contributed by atoms with Crippen LogP contribution in [0.2, 0.25) is 10.0 Å². The number of aliphatic hydroxyl groups is 1. The van der Waals surface area contributed by atoms with Gasteiger partial charge in [0, 0.05) is 18.2 Å². The molecule has 1 amide bonds. The van der Waals surface area contributed by atoms with Gasteiger partial charge in [0.25, 0.3) is 11.6 Å². The molecule has 0 aliphatic rings. The number of amides is 1. The van der Waals surface area contributed by atoms with Crippen molar-refractivity contribution in [1.29, 1.82) is 0 Å². The van der Waals surface area contributed by atoms with E-state index in [0.29, 0.717) is 0 Å². The lowest BCUT2D eigenvalue weighted by molar-refractivity contribution is -0.384. The second-order valence-corrected chi connectivity index (χ2v) is 4.39. The smallest absolute Gasteiger partial charge is 0.290 e. The van der Waals surface area contributed by atoms with Crippen molar-refractivity contribution in [3.63, 3.8) is 0 Å². The monoisotopic (exact) mass is 292 g/mol. The molecule has 18 heavy (non-hydrogen) atoms. The maximum Gasteiger partial charge on any atom is 0.290 e. The molecule has 0 heterocycles. The summed E-state index contributed by atoms with van der Waals surface area (Å²) in [6.45, 7) is 1.53. The molecule has 0 aromatic heterocycles. The predicted molar refractivity (Wildman–Crippen MR) is 67.1 cm³/mol. The van der Waals surface area contributed by atoms with Crippen LogP contribution in [0.25, 0.3) is 0 Å². The number of nitrogens with one attached hydrogen (secondary N) is 1. The van der Waals surface area contributed by atoms with Crippen molar-refractivity contribution < 1.29 is 14.8 Å². The Bertz CT molecular complexity index is 491. The molecule has 1 rings (SSSR count). The first-order chi connectivity index (χ1) is 8.32. The van der Waals surface area contributed by atoms with Crippen LogP contribution in [-0.4, -0.2) is 28.6 Å². The summed E-state index contributed by atoms with van der Waals surface area (Å²) < 4.78 is 0. The summed E-state index contributed by atoms with van der Waals surface area (Å²) in [5.41, 5.74) is -0.428. The van der Waals surface area contributed by atoms with Crippen LogP contribution in [0.5, 0.6) is 0 Å². The van der Waals surface area contributed by atoms with Crippen molar-refractivity contribution in [1.82, 2.24) is 5.32 Å². The normalized spacial score (nSPS) is 12.0. The molecule has 0 fully saturated rings. The first-order valence-corrected chi connectivity index (χ1v) is 5.68. The second kappa shape index (κ2) is 5.99. The van der Waals surface area contributed by atoms with Crippen LogP contribution in [0.4, 0.5) is 5.69 Å². The van der Waals surface area contributed by atoms with E-state index in [-0.39, 0.29) is 22.2 Å².